The van der Waals surface area contributed by atoms with Crippen molar-refractivity contribution in [3.8, 4) is 11.3 Å². The first kappa shape index (κ1) is 23.9. The summed E-state index contributed by atoms with van der Waals surface area (Å²) in [7, 11) is 0. The summed E-state index contributed by atoms with van der Waals surface area (Å²) in [4.78, 5) is 29.9. The Kier molecular flexibility index (Phi) is 7.95. The minimum atomic E-state index is -0.310. The third kappa shape index (κ3) is 6.90. The van der Waals surface area contributed by atoms with Gasteiger partial charge in [-0.2, -0.15) is 0 Å². The van der Waals surface area contributed by atoms with Crippen LogP contribution in [0.3, 0.4) is 0 Å². The zero-order valence-corrected chi connectivity index (χ0v) is 20.1. The number of hydrogen-bond donors (Lipinski definition) is 2. The van der Waals surface area contributed by atoms with Gasteiger partial charge in [0.2, 0.25) is 11.8 Å². The van der Waals surface area contributed by atoms with E-state index >= 15 is 0 Å². The average Bonchev–Trinajstić information content (AvgIpc) is 3.28. The van der Waals surface area contributed by atoms with Crippen molar-refractivity contribution in [1.82, 2.24) is 4.98 Å². The molecule has 2 N–H and O–H groups in total. The monoisotopic (exact) mass is 511 g/mol. The molecule has 0 bridgehead atoms. The number of nitrogens with zero attached hydrogens (tertiary/aromatic N) is 1. The molecule has 0 saturated heterocycles. The number of thiazole rings is 1. The van der Waals surface area contributed by atoms with Crippen molar-refractivity contribution in [2.24, 2.45) is 0 Å². The van der Waals surface area contributed by atoms with Gasteiger partial charge in [-0.1, -0.05) is 29.8 Å². The molecule has 2 amide bonds. The smallest absolute Gasteiger partial charge is 0.236 e. The third-order valence-electron chi connectivity index (χ3n) is 4.66. The molecule has 0 aliphatic rings. The second-order valence-electron chi connectivity index (χ2n) is 7.26. The summed E-state index contributed by atoms with van der Waals surface area (Å²) < 4.78 is 13.1. The Morgan fingerprint density at radius 2 is 1.74 bits per heavy atom. The highest BCUT2D eigenvalue weighted by Gasteiger charge is 2.10. The molecule has 0 spiro atoms. The number of hydrogen-bond acceptors (Lipinski definition) is 5. The molecule has 1 heterocycles. The van der Waals surface area contributed by atoms with E-state index in [1.165, 1.54) is 35.2 Å². The summed E-state index contributed by atoms with van der Waals surface area (Å²) in [5.41, 5.74) is 2.99. The van der Waals surface area contributed by atoms with Gasteiger partial charge in [0.05, 0.1) is 17.9 Å². The number of thioether (sulfide) groups is 1. The van der Waals surface area contributed by atoms with Crippen molar-refractivity contribution in [2.45, 2.75) is 11.3 Å². The molecule has 3 aromatic carbocycles. The summed E-state index contributed by atoms with van der Waals surface area (Å²) in [6.45, 7) is 0. The summed E-state index contributed by atoms with van der Waals surface area (Å²) in [6, 6.07) is 20.5. The number of aromatic nitrogens is 1. The highest BCUT2D eigenvalue weighted by molar-refractivity contribution is 8.00. The zero-order chi connectivity index (χ0) is 23.9. The molecule has 0 radical (unpaired) electrons. The number of benzene rings is 3. The van der Waals surface area contributed by atoms with E-state index in [2.05, 4.69) is 15.6 Å². The van der Waals surface area contributed by atoms with Gasteiger partial charge in [-0.3, -0.25) is 9.59 Å². The molecule has 0 unspecified atom stereocenters. The predicted molar refractivity (Wildman–Crippen MR) is 137 cm³/mol. The summed E-state index contributed by atoms with van der Waals surface area (Å²) in [5, 5.41) is 8.58. The van der Waals surface area contributed by atoms with Gasteiger partial charge in [-0.05, 0) is 60.2 Å². The molecule has 4 aromatic rings. The van der Waals surface area contributed by atoms with Crippen molar-refractivity contribution in [1.29, 1.82) is 0 Å². The predicted octanol–water partition coefficient (Wildman–Crippen LogP) is 6.51. The third-order valence-corrected chi connectivity index (χ3v) is 6.66. The average molecular weight is 512 g/mol. The Morgan fingerprint density at radius 1 is 0.971 bits per heavy atom. The minimum Gasteiger partial charge on any atom is -0.326 e. The lowest BCUT2D eigenvalue weighted by atomic mass is 10.1. The largest absolute Gasteiger partial charge is 0.326 e. The topological polar surface area (TPSA) is 71.1 Å². The van der Waals surface area contributed by atoms with Crippen molar-refractivity contribution >= 4 is 57.3 Å². The number of carbonyl (C=O) groups is 2. The quantitative estimate of drug-likeness (QED) is 0.264. The van der Waals surface area contributed by atoms with Crippen molar-refractivity contribution in [3.63, 3.8) is 0 Å². The normalized spacial score (nSPS) is 10.6. The number of rotatable bonds is 8. The van der Waals surface area contributed by atoms with Gasteiger partial charge in [0.15, 0.2) is 5.13 Å². The van der Waals surface area contributed by atoms with Crippen LogP contribution >= 0.6 is 34.7 Å². The Labute approximate surface area is 209 Å². The van der Waals surface area contributed by atoms with E-state index in [-0.39, 0.29) is 29.8 Å². The number of anilines is 2. The van der Waals surface area contributed by atoms with Crippen LogP contribution in [0.5, 0.6) is 0 Å². The van der Waals surface area contributed by atoms with Gasteiger partial charge in [0, 0.05) is 26.5 Å². The van der Waals surface area contributed by atoms with Crippen LogP contribution in [0.15, 0.2) is 83.1 Å². The maximum Gasteiger partial charge on any atom is 0.236 e. The second kappa shape index (κ2) is 11.3. The lowest BCUT2D eigenvalue weighted by molar-refractivity contribution is -0.115. The molecule has 5 nitrogen and oxygen atoms in total. The number of nitrogens with one attached hydrogen (secondary N) is 2. The van der Waals surface area contributed by atoms with Crippen molar-refractivity contribution < 1.29 is 14.0 Å². The van der Waals surface area contributed by atoms with Crippen LogP contribution < -0.4 is 10.6 Å². The van der Waals surface area contributed by atoms with Gasteiger partial charge >= 0.3 is 0 Å². The Hall–Kier alpha value is -3.20. The maximum atomic E-state index is 13.1. The first-order chi connectivity index (χ1) is 16.4. The van der Waals surface area contributed by atoms with Crippen molar-refractivity contribution in [2.75, 3.05) is 16.4 Å². The van der Waals surface area contributed by atoms with Gasteiger partial charge in [-0.25, -0.2) is 9.37 Å². The van der Waals surface area contributed by atoms with E-state index in [4.69, 9.17) is 11.6 Å². The highest BCUT2D eigenvalue weighted by atomic mass is 35.5. The Balaban J connectivity index is 1.28. The molecule has 34 heavy (non-hydrogen) atoms. The molecule has 0 fully saturated rings. The molecule has 0 atom stereocenters. The standard InChI is InChI=1S/C25H19ClFN3O2S2/c26-18-8-4-16(5-9-18)12-23(31)28-20-2-1-3-21(13-20)33-15-24(32)30-25-29-22(14-34-25)17-6-10-19(27)11-7-17/h1-11,13-14H,12,15H2,(H,28,31)(H,29,30,32). The number of halogens is 2. The SMILES string of the molecule is O=C(Cc1ccc(Cl)cc1)Nc1cccc(SCC(=O)Nc2nc(-c3ccc(F)cc3)cs2)c1. The van der Waals surface area contributed by atoms with E-state index in [1.54, 1.807) is 30.3 Å². The summed E-state index contributed by atoms with van der Waals surface area (Å²) in [6.07, 6.45) is 0.241. The van der Waals surface area contributed by atoms with Gasteiger partial charge < -0.3 is 10.6 Å². The van der Waals surface area contributed by atoms with Crippen molar-refractivity contribution in [3.05, 3.63) is 94.6 Å². The van der Waals surface area contributed by atoms with Crippen LogP contribution in [0, 0.1) is 5.82 Å². The first-order valence-electron chi connectivity index (χ1n) is 10.2. The van der Waals surface area contributed by atoms with Crippen LogP contribution in [0.4, 0.5) is 15.2 Å². The summed E-state index contributed by atoms with van der Waals surface area (Å²) in [5.74, 6) is -0.451. The first-order valence-corrected chi connectivity index (χ1v) is 12.5. The number of carbonyl (C=O) groups excluding carboxylic acids is 2. The molecule has 172 valence electrons. The minimum absolute atomic E-state index is 0.136. The van der Waals surface area contributed by atoms with E-state index < -0.39 is 0 Å². The van der Waals surface area contributed by atoms with Crippen LogP contribution in [0.25, 0.3) is 11.3 Å². The second-order valence-corrected chi connectivity index (χ2v) is 9.60. The van der Waals surface area contributed by atoms with Crippen LogP contribution in [0.2, 0.25) is 5.02 Å². The van der Waals surface area contributed by atoms with E-state index in [1.807, 2.05) is 35.7 Å². The van der Waals surface area contributed by atoms with Gasteiger partial charge in [0.1, 0.15) is 5.82 Å². The fourth-order valence-corrected chi connectivity index (χ4v) is 4.66. The molecule has 0 saturated carbocycles. The van der Waals surface area contributed by atoms with Gasteiger partial charge in [0.25, 0.3) is 0 Å². The molecule has 1 aromatic heterocycles. The van der Waals surface area contributed by atoms with E-state index in [9.17, 15) is 14.0 Å². The maximum absolute atomic E-state index is 13.1. The molecule has 0 aliphatic heterocycles. The molecule has 0 aliphatic carbocycles. The van der Waals surface area contributed by atoms with Crippen LogP contribution in [0.1, 0.15) is 5.56 Å². The number of amides is 2. The highest BCUT2D eigenvalue weighted by Crippen LogP contribution is 2.26. The lowest BCUT2D eigenvalue weighted by Crippen LogP contribution is -2.15. The Morgan fingerprint density at radius 3 is 2.50 bits per heavy atom. The zero-order valence-electron chi connectivity index (χ0n) is 17.8. The fraction of sp³-hybridized carbons (Fsp3) is 0.0800. The van der Waals surface area contributed by atoms with Crippen LogP contribution in [-0.2, 0) is 16.0 Å². The molecular formula is C25H19ClFN3O2S2. The molecular weight excluding hydrogens is 493 g/mol. The Bertz CT molecular complexity index is 1290. The van der Waals surface area contributed by atoms with E-state index in [0.717, 1.165) is 16.0 Å². The van der Waals surface area contributed by atoms with Crippen LogP contribution in [-0.4, -0.2) is 22.6 Å². The summed E-state index contributed by atoms with van der Waals surface area (Å²) >= 11 is 8.54. The van der Waals surface area contributed by atoms with Gasteiger partial charge in [-0.15, -0.1) is 23.1 Å². The van der Waals surface area contributed by atoms with E-state index in [0.29, 0.717) is 21.5 Å². The molecule has 9 heteroatoms. The fourth-order valence-electron chi connectivity index (χ4n) is 3.05. The molecule has 4 rings (SSSR count). The lowest BCUT2D eigenvalue weighted by Gasteiger charge is -2.08.